The van der Waals surface area contributed by atoms with Crippen LogP contribution in [0.15, 0.2) is 29.1 Å². The van der Waals surface area contributed by atoms with Gasteiger partial charge in [0.1, 0.15) is 23.3 Å². The van der Waals surface area contributed by atoms with Crippen molar-refractivity contribution in [1.82, 2.24) is 4.98 Å². The third-order valence-electron chi connectivity index (χ3n) is 2.56. The highest BCUT2D eigenvalue weighted by Crippen LogP contribution is 2.24. The summed E-state index contributed by atoms with van der Waals surface area (Å²) in [5.74, 6) is -1.24. The molecule has 0 aliphatic rings. The molecule has 90 valence electrons. The molecule has 0 saturated heterocycles. The lowest BCUT2D eigenvalue weighted by molar-refractivity contribution is 0.602. The number of rotatable bonds is 1. The van der Waals surface area contributed by atoms with Crippen molar-refractivity contribution in [1.29, 1.82) is 5.26 Å². The minimum atomic E-state index is -0.639. The second-order valence-electron chi connectivity index (χ2n) is 3.81. The predicted octanol–water partition coefficient (Wildman–Crippen LogP) is 2.50. The van der Waals surface area contributed by atoms with Crippen LogP contribution in [0.4, 0.5) is 8.78 Å². The molecule has 5 heteroatoms. The van der Waals surface area contributed by atoms with Gasteiger partial charge in [-0.15, -0.1) is 0 Å². The van der Waals surface area contributed by atoms with Crippen LogP contribution in [0.1, 0.15) is 11.1 Å². The van der Waals surface area contributed by atoms with Crippen LogP contribution < -0.4 is 5.56 Å². The number of halogens is 2. The van der Waals surface area contributed by atoms with Crippen molar-refractivity contribution < 1.29 is 8.78 Å². The topological polar surface area (TPSA) is 56.6 Å². The summed E-state index contributed by atoms with van der Waals surface area (Å²) in [6.45, 7) is 1.61. The van der Waals surface area contributed by atoms with E-state index in [1.807, 2.05) is 0 Å². The molecule has 0 atom stereocenters. The zero-order valence-corrected chi connectivity index (χ0v) is 9.42. The summed E-state index contributed by atoms with van der Waals surface area (Å²) in [6, 6.07) is 6.06. The van der Waals surface area contributed by atoms with Gasteiger partial charge in [-0.1, -0.05) is 0 Å². The van der Waals surface area contributed by atoms with Crippen LogP contribution >= 0.6 is 0 Å². The van der Waals surface area contributed by atoms with Crippen LogP contribution in [-0.2, 0) is 0 Å². The fourth-order valence-corrected chi connectivity index (χ4v) is 1.69. The van der Waals surface area contributed by atoms with Crippen LogP contribution in [0, 0.1) is 29.9 Å². The van der Waals surface area contributed by atoms with Gasteiger partial charge in [-0.2, -0.15) is 5.26 Å². The Labute approximate surface area is 101 Å². The number of nitrogens with zero attached hydrogens (tertiary/aromatic N) is 1. The van der Waals surface area contributed by atoms with Crippen LogP contribution in [0.5, 0.6) is 0 Å². The molecular weight excluding hydrogens is 238 g/mol. The zero-order valence-electron chi connectivity index (χ0n) is 9.42. The lowest BCUT2D eigenvalue weighted by atomic mass is 10.0. The highest BCUT2D eigenvalue weighted by Gasteiger charge is 2.12. The number of aromatic nitrogens is 1. The molecule has 0 aliphatic carbocycles. The SMILES string of the molecule is Cc1cc(C#N)c(=O)[nH]c1-c1cc(F)ccc1F. The summed E-state index contributed by atoms with van der Waals surface area (Å²) in [7, 11) is 0. The van der Waals surface area contributed by atoms with Gasteiger partial charge in [0.15, 0.2) is 0 Å². The van der Waals surface area contributed by atoms with Crippen LogP contribution in [0.2, 0.25) is 0 Å². The Morgan fingerprint density at radius 3 is 2.67 bits per heavy atom. The van der Waals surface area contributed by atoms with Crippen LogP contribution in [0.25, 0.3) is 11.3 Å². The maximum Gasteiger partial charge on any atom is 0.266 e. The van der Waals surface area contributed by atoms with Crippen LogP contribution in [-0.4, -0.2) is 4.98 Å². The molecule has 1 aromatic carbocycles. The first-order chi connectivity index (χ1) is 8.52. The Morgan fingerprint density at radius 2 is 2.00 bits per heavy atom. The molecule has 0 radical (unpaired) electrons. The minimum absolute atomic E-state index is 0.0333. The lowest BCUT2D eigenvalue weighted by Gasteiger charge is -2.07. The molecule has 0 amide bonds. The third kappa shape index (κ3) is 2.00. The van der Waals surface area contributed by atoms with Crippen molar-refractivity contribution in [2.24, 2.45) is 0 Å². The summed E-state index contributed by atoms with van der Waals surface area (Å²) >= 11 is 0. The van der Waals surface area contributed by atoms with Gasteiger partial charge in [0.2, 0.25) is 0 Å². The fourth-order valence-electron chi connectivity index (χ4n) is 1.69. The second-order valence-corrected chi connectivity index (χ2v) is 3.81. The van der Waals surface area contributed by atoms with E-state index in [2.05, 4.69) is 4.98 Å². The molecule has 2 rings (SSSR count). The predicted molar refractivity (Wildman–Crippen MR) is 61.9 cm³/mol. The third-order valence-corrected chi connectivity index (χ3v) is 2.56. The van der Waals surface area contributed by atoms with E-state index in [0.717, 1.165) is 18.2 Å². The van der Waals surface area contributed by atoms with E-state index in [1.54, 1.807) is 13.0 Å². The standard InChI is InChI=1S/C13H8F2N2O/c1-7-4-8(6-16)13(18)17-12(7)10-5-9(14)2-3-11(10)15/h2-5H,1H3,(H,17,18). The van der Waals surface area contributed by atoms with Crippen molar-refractivity contribution in [3.8, 4) is 17.3 Å². The van der Waals surface area contributed by atoms with Crippen LogP contribution in [0.3, 0.4) is 0 Å². The maximum atomic E-state index is 13.6. The molecule has 0 aliphatic heterocycles. The van der Waals surface area contributed by atoms with E-state index in [-0.39, 0.29) is 16.8 Å². The van der Waals surface area contributed by atoms with E-state index in [4.69, 9.17) is 5.26 Å². The Hall–Kier alpha value is -2.48. The summed E-state index contributed by atoms with van der Waals surface area (Å²) in [4.78, 5) is 13.9. The Kier molecular flexibility index (Phi) is 2.94. The molecule has 0 bridgehead atoms. The van der Waals surface area contributed by atoms with Gasteiger partial charge < -0.3 is 4.98 Å². The number of pyridine rings is 1. The van der Waals surface area contributed by atoms with Crippen molar-refractivity contribution in [2.45, 2.75) is 6.92 Å². The van der Waals surface area contributed by atoms with E-state index in [1.165, 1.54) is 6.07 Å². The van der Waals surface area contributed by atoms with Gasteiger partial charge >= 0.3 is 0 Å². The van der Waals surface area contributed by atoms with E-state index in [9.17, 15) is 13.6 Å². The van der Waals surface area contributed by atoms with Gasteiger partial charge in [-0.25, -0.2) is 8.78 Å². The van der Waals surface area contributed by atoms with E-state index in [0.29, 0.717) is 5.56 Å². The first kappa shape index (κ1) is 12.0. The fraction of sp³-hybridized carbons (Fsp3) is 0.0769. The number of nitriles is 1. The van der Waals surface area contributed by atoms with Gasteiger partial charge in [0.05, 0.1) is 5.69 Å². The molecule has 0 unspecified atom stereocenters. The number of aromatic amines is 1. The number of benzene rings is 1. The van der Waals surface area contributed by atoms with Gasteiger partial charge in [0.25, 0.3) is 5.56 Å². The molecule has 2 aromatic rings. The number of aryl methyl sites for hydroxylation is 1. The summed E-state index contributed by atoms with van der Waals surface area (Å²) in [5, 5.41) is 8.70. The second kappa shape index (κ2) is 4.41. The van der Waals surface area contributed by atoms with Crippen molar-refractivity contribution >= 4 is 0 Å². The van der Waals surface area contributed by atoms with Gasteiger partial charge in [-0.05, 0) is 36.8 Å². The molecule has 1 aromatic heterocycles. The van der Waals surface area contributed by atoms with E-state index < -0.39 is 17.2 Å². The Bertz CT molecular complexity index is 714. The molecule has 18 heavy (non-hydrogen) atoms. The summed E-state index contributed by atoms with van der Waals surface area (Å²) in [6.07, 6.45) is 0. The quantitative estimate of drug-likeness (QED) is 0.840. The largest absolute Gasteiger partial charge is 0.320 e. The minimum Gasteiger partial charge on any atom is -0.320 e. The maximum absolute atomic E-state index is 13.6. The number of H-pyrrole nitrogens is 1. The average Bonchev–Trinajstić information content (AvgIpc) is 2.35. The molecule has 3 nitrogen and oxygen atoms in total. The smallest absolute Gasteiger partial charge is 0.266 e. The summed E-state index contributed by atoms with van der Waals surface area (Å²) in [5.41, 5.74) is -0.0458. The van der Waals surface area contributed by atoms with Crippen molar-refractivity contribution in [3.05, 3.63) is 57.4 Å². The Balaban J connectivity index is 2.73. The number of hydrogen-bond acceptors (Lipinski definition) is 2. The normalized spacial score (nSPS) is 10.1. The zero-order chi connectivity index (χ0) is 13.3. The van der Waals surface area contributed by atoms with Crippen molar-refractivity contribution in [3.63, 3.8) is 0 Å². The van der Waals surface area contributed by atoms with Crippen molar-refractivity contribution in [2.75, 3.05) is 0 Å². The molecular formula is C13H8F2N2O. The lowest BCUT2D eigenvalue weighted by Crippen LogP contribution is -2.12. The number of nitrogens with one attached hydrogen (secondary N) is 1. The summed E-state index contributed by atoms with van der Waals surface area (Å²) < 4.78 is 26.7. The van der Waals surface area contributed by atoms with Gasteiger partial charge in [-0.3, -0.25) is 4.79 Å². The molecule has 0 fully saturated rings. The highest BCUT2D eigenvalue weighted by molar-refractivity contribution is 5.64. The molecule has 0 spiro atoms. The molecule has 1 heterocycles. The first-order valence-corrected chi connectivity index (χ1v) is 5.12. The molecule has 0 saturated carbocycles. The van der Waals surface area contributed by atoms with E-state index >= 15 is 0 Å². The number of hydrogen-bond donors (Lipinski definition) is 1. The van der Waals surface area contributed by atoms with Gasteiger partial charge in [0, 0.05) is 5.56 Å². The first-order valence-electron chi connectivity index (χ1n) is 5.12. The Morgan fingerprint density at radius 1 is 1.28 bits per heavy atom. The average molecular weight is 246 g/mol. The molecule has 1 N–H and O–H groups in total. The monoisotopic (exact) mass is 246 g/mol. The highest BCUT2D eigenvalue weighted by atomic mass is 19.1.